The maximum absolute atomic E-state index is 14.5. The van der Waals surface area contributed by atoms with Gasteiger partial charge in [-0.05, 0) is 49.6 Å². The van der Waals surface area contributed by atoms with E-state index in [1.165, 1.54) is 6.08 Å². The van der Waals surface area contributed by atoms with Crippen LogP contribution in [0.2, 0.25) is 0 Å². The quantitative estimate of drug-likeness (QED) is 0.425. The van der Waals surface area contributed by atoms with E-state index in [0.717, 1.165) is 33.4 Å². The predicted molar refractivity (Wildman–Crippen MR) is 124 cm³/mol. The van der Waals surface area contributed by atoms with Gasteiger partial charge in [0, 0.05) is 47.4 Å². The molecule has 0 saturated carbocycles. The van der Waals surface area contributed by atoms with Gasteiger partial charge in [0.25, 0.3) is 5.92 Å². The summed E-state index contributed by atoms with van der Waals surface area (Å²) >= 11 is 1.68. The van der Waals surface area contributed by atoms with Gasteiger partial charge in [0.15, 0.2) is 0 Å². The molecule has 1 aliphatic rings. The smallest absolute Gasteiger partial charge is 0.289 e. The van der Waals surface area contributed by atoms with Gasteiger partial charge in [-0.1, -0.05) is 30.8 Å². The van der Waals surface area contributed by atoms with Crippen LogP contribution in [0.1, 0.15) is 59.3 Å². The fourth-order valence-electron chi connectivity index (χ4n) is 4.56. The third-order valence-corrected chi connectivity index (χ3v) is 7.34. The Kier molecular flexibility index (Phi) is 5.79. The molecule has 32 heavy (non-hydrogen) atoms. The van der Waals surface area contributed by atoms with Crippen LogP contribution in [0.5, 0.6) is 0 Å². The zero-order valence-electron chi connectivity index (χ0n) is 18.7. The summed E-state index contributed by atoms with van der Waals surface area (Å²) in [6, 6.07) is 9.73. The van der Waals surface area contributed by atoms with Gasteiger partial charge in [-0.15, -0.1) is 11.3 Å². The molecule has 0 spiro atoms. The van der Waals surface area contributed by atoms with Gasteiger partial charge in [0.1, 0.15) is 5.69 Å². The van der Waals surface area contributed by atoms with Crippen molar-refractivity contribution in [1.82, 2.24) is 14.7 Å². The van der Waals surface area contributed by atoms with E-state index in [1.54, 1.807) is 22.2 Å². The van der Waals surface area contributed by atoms with Crippen molar-refractivity contribution in [2.24, 2.45) is 0 Å². The first-order chi connectivity index (χ1) is 15.2. The normalized spacial score (nSPS) is 18.5. The molecule has 0 fully saturated rings. The highest BCUT2D eigenvalue weighted by Gasteiger charge is 2.37. The highest BCUT2D eigenvalue weighted by molar-refractivity contribution is 7.12. The second-order valence-corrected chi connectivity index (χ2v) is 9.61. The van der Waals surface area contributed by atoms with Crippen molar-refractivity contribution in [3.63, 3.8) is 0 Å². The number of fused-ring (bicyclic) bond motifs is 1. The van der Waals surface area contributed by atoms with E-state index in [9.17, 15) is 13.6 Å². The summed E-state index contributed by atoms with van der Waals surface area (Å²) in [7, 11) is 0. The first kappa shape index (κ1) is 22.4. The van der Waals surface area contributed by atoms with Crippen LogP contribution in [0.15, 0.2) is 49.2 Å². The number of nitrogens with zero attached hydrogens (tertiary/aromatic N) is 3. The second kappa shape index (κ2) is 8.28. The molecule has 0 N–H and O–H groups in total. The van der Waals surface area contributed by atoms with Gasteiger partial charge < -0.3 is 4.90 Å². The Morgan fingerprint density at radius 2 is 2.03 bits per heavy atom. The Bertz CT molecular complexity index is 1170. The van der Waals surface area contributed by atoms with Crippen molar-refractivity contribution >= 4 is 17.2 Å². The summed E-state index contributed by atoms with van der Waals surface area (Å²) in [5.41, 5.74) is 3.01. The molecule has 4 rings (SSSR count). The largest absolute Gasteiger partial charge is 0.331 e. The first-order valence-corrected chi connectivity index (χ1v) is 11.6. The summed E-state index contributed by atoms with van der Waals surface area (Å²) in [5.74, 6) is -3.33. The van der Waals surface area contributed by atoms with E-state index < -0.39 is 5.92 Å². The molecular formula is C25H27F2N3OS. The molecule has 3 aromatic rings. The Hall–Kier alpha value is -2.80. The van der Waals surface area contributed by atoms with E-state index in [1.807, 2.05) is 43.0 Å². The third kappa shape index (κ3) is 3.79. The summed E-state index contributed by atoms with van der Waals surface area (Å²) < 4.78 is 30.5. The van der Waals surface area contributed by atoms with Crippen molar-refractivity contribution in [1.29, 1.82) is 0 Å². The van der Waals surface area contributed by atoms with Crippen molar-refractivity contribution in [3.8, 4) is 11.1 Å². The Balaban J connectivity index is 1.92. The number of aromatic nitrogens is 2. The molecule has 2 aromatic heterocycles. The highest BCUT2D eigenvalue weighted by Crippen LogP contribution is 2.46. The number of rotatable bonds is 5. The third-order valence-electron chi connectivity index (χ3n) is 6.10. The Labute approximate surface area is 191 Å². The SMILES string of the molecule is C=CC(=O)N1CC(c2ccccc2-c2cn(CC)nc2C(C)(F)F)c2cc(C)sc2C1C. The monoisotopic (exact) mass is 455 g/mol. The lowest BCUT2D eigenvalue weighted by Gasteiger charge is -2.38. The first-order valence-electron chi connectivity index (χ1n) is 10.7. The molecule has 0 saturated heterocycles. The maximum Gasteiger partial charge on any atom is 0.289 e. The van der Waals surface area contributed by atoms with E-state index in [2.05, 4.69) is 24.7 Å². The van der Waals surface area contributed by atoms with Crippen molar-refractivity contribution in [3.05, 3.63) is 75.8 Å². The topological polar surface area (TPSA) is 38.1 Å². The van der Waals surface area contributed by atoms with Crippen LogP contribution >= 0.6 is 11.3 Å². The predicted octanol–water partition coefficient (Wildman–Crippen LogP) is 6.27. The van der Waals surface area contributed by atoms with Crippen LogP contribution < -0.4 is 0 Å². The van der Waals surface area contributed by atoms with E-state index >= 15 is 0 Å². The van der Waals surface area contributed by atoms with E-state index in [-0.39, 0.29) is 23.6 Å². The zero-order valence-corrected chi connectivity index (χ0v) is 19.5. The molecule has 4 nitrogen and oxygen atoms in total. The van der Waals surface area contributed by atoms with Gasteiger partial charge in [-0.2, -0.15) is 13.9 Å². The van der Waals surface area contributed by atoms with Gasteiger partial charge in [-0.3, -0.25) is 9.48 Å². The average molecular weight is 456 g/mol. The zero-order chi connectivity index (χ0) is 23.2. The molecule has 3 heterocycles. The van der Waals surface area contributed by atoms with Crippen LogP contribution in [-0.4, -0.2) is 27.1 Å². The average Bonchev–Trinajstić information content (AvgIpc) is 3.37. The lowest BCUT2D eigenvalue weighted by Crippen LogP contribution is -2.39. The molecule has 1 aromatic carbocycles. The number of halogens is 2. The number of hydrogen-bond donors (Lipinski definition) is 0. The van der Waals surface area contributed by atoms with Crippen LogP contribution in [-0.2, 0) is 17.3 Å². The van der Waals surface area contributed by atoms with Crippen molar-refractivity contribution in [2.75, 3.05) is 6.54 Å². The van der Waals surface area contributed by atoms with Crippen LogP contribution in [0, 0.1) is 6.92 Å². The number of hydrogen-bond acceptors (Lipinski definition) is 3. The summed E-state index contributed by atoms with van der Waals surface area (Å²) in [6.07, 6.45) is 3.04. The fraction of sp³-hybridized carbons (Fsp3) is 0.360. The number of carbonyl (C=O) groups excluding carboxylic acids is 1. The van der Waals surface area contributed by atoms with E-state index in [4.69, 9.17) is 0 Å². The van der Waals surface area contributed by atoms with Gasteiger partial charge in [0.2, 0.25) is 5.91 Å². The van der Waals surface area contributed by atoms with Crippen molar-refractivity contribution in [2.45, 2.75) is 52.1 Å². The molecule has 0 bridgehead atoms. The molecule has 1 amide bonds. The molecule has 0 aliphatic carbocycles. The Morgan fingerprint density at radius 1 is 1.31 bits per heavy atom. The van der Waals surface area contributed by atoms with Crippen molar-refractivity contribution < 1.29 is 13.6 Å². The summed E-state index contributed by atoms with van der Waals surface area (Å²) in [5, 5.41) is 4.17. The molecule has 2 atom stereocenters. The molecule has 2 unspecified atom stereocenters. The minimum Gasteiger partial charge on any atom is -0.331 e. The summed E-state index contributed by atoms with van der Waals surface area (Å²) in [4.78, 5) is 16.8. The van der Waals surface area contributed by atoms with Gasteiger partial charge >= 0.3 is 0 Å². The maximum atomic E-state index is 14.5. The number of thiophene rings is 1. The Morgan fingerprint density at radius 3 is 2.69 bits per heavy atom. The molecule has 0 radical (unpaired) electrons. The highest BCUT2D eigenvalue weighted by atomic mass is 32.1. The number of alkyl halides is 2. The molecule has 1 aliphatic heterocycles. The van der Waals surface area contributed by atoms with E-state index in [0.29, 0.717) is 18.7 Å². The molecule has 7 heteroatoms. The van der Waals surface area contributed by atoms with Crippen LogP contribution in [0.25, 0.3) is 11.1 Å². The van der Waals surface area contributed by atoms with Crippen LogP contribution in [0.4, 0.5) is 8.78 Å². The van der Waals surface area contributed by atoms with Gasteiger partial charge in [0.05, 0.1) is 6.04 Å². The second-order valence-electron chi connectivity index (χ2n) is 8.32. The number of carbonyl (C=O) groups is 1. The number of amides is 1. The number of aryl methyl sites for hydroxylation is 2. The lowest BCUT2D eigenvalue weighted by molar-refractivity contribution is -0.128. The van der Waals surface area contributed by atoms with Gasteiger partial charge in [-0.25, -0.2) is 0 Å². The molecular weight excluding hydrogens is 428 g/mol. The number of benzene rings is 1. The summed E-state index contributed by atoms with van der Waals surface area (Å²) in [6.45, 7) is 11.5. The minimum atomic E-state index is -3.07. The fourth-order valence-corrected chi connectivity index (χ4v) is 5.71. The lowest BCUT2D eigenvalue weighted by atomic mass is 9.82. The minimum absolute atomic E-state index is 0.0593. The molecule has 168 valence electrons. The standard InChI is InChI=1S/C25H27F2N3OS/c1-6-22(31)30-14-20(19-12-15(3)32-23(19)16(30)4)17-10-8-9-11-18(17)21-13-29(7-2)28-24(21)25(5,26)27/h6,8-13,16,20H,1,7,14H2,2-5H3. The van der Waals surface area contributed by atoms with Crippen LogP contribution in [0.3, 0.4) is 0 Å².